The SMILES string of the molecule is CCOC(NC=O)c1ccccc1. The maximum Gasteiger partial charge on any atom is 0.209 e. The van der Waals surface area contributed by atoms with E-state index < -0.39 is 0 Å². The maximum atomic E-state index is 10.3. The number of rotatable bonds is 5. The lowest BCUT2D eigenvalue weighted by atomic mass is 10.2. The highest BCUT2D eigenvalue weighted by molar-refractivity contribution is 5.47. The highest BCUT2D eigenvalue weighted by Gasteiger charge is 2.07. The molecule has 0 heterocycles. The molecule has 70 valence electrons. The third-order valence-electron chi connectivity index (χ3n) is 1.66. The number of amides is 1. The summed E-state index contributed by atoms with van der Waals surface area (Å²) in [6, 6.07) is 9.57. The van der Waals surface area contributed by atoms with Gasteiger partial charge in [0.25, 0.3) is 0 Å². The maximum absolute atomic E-state index is 10.3. The van der Waals surface area contributed by atoms with Crippen LogP contribution in [0.25, 0.3) is 0 Å². The number of carbonyl (C=O) groups is 1. The van der Waals surface area contributed by atoms with Crippen LogP contribution < -0.4 is 5.32 Å². The Bertz CT molecular complexity index is 248. The van der Waals surface area contributed by atoms with Crippen molar-refractivity contribution in [1.29, 1.82) is 0 Å². The number of carbonyl (C=O) groups excluding carboxylic acids is 1. The van der Waals surface area contributed by atoms with E-state index in [1.165, 1.54) is 0 Å². The molecule has 13 heavy (non-hydrogen) atoms. The van der Waals surface area contributed by atoms with Crippen molar-refractivity contribution >= 4 is 6.41 Å². The van der Waals surface area contributed by atoms with Crippen molar-refractivity contribution in [3.63, 3.8) is 0 Å². The van der Waals surface area contributed by atoms with Crippen LogP contribution in [-0.4, -0.2) is 13.0 Å². The van der Waals surface area contributed by atoms with Gasteiger partial charge in [-0.05, 0) is 6.92 Å². The van der Waals surface area contributed by atoms with Crippen LogP contribution in [0.4, 0.5) is 0 Å². The first-order valence-corrected chi connectivity index (χ1v) is 4.24. The van der Waals surface area contributed by atoms with E-state index in [0.29, 0.717) is 13.0 Å². The molecule has 1 aromatic rings. The minimum absolute atomic E-state index is 0.330. The molecule has 1 amide bonds. The Morgan fingerprint density at radius 3 is 2.69 bits per heavy atom. The Hall–Kier alpha value is -1.35. The minimum Gasteiger partial charge on any atom is -0.354 e. The lowest BCUT2D eigenvalue weighted by molar-refractivity contribution is -0.113. The van der Waals surface area contributed by atoms with Gasteiger partial charge < -0.3 is 10.1 Å². The number of hydrogen-bond acceptors (Lipinski definition) is 2. The normalized spacial score (nSPS) is 12.1. The Morgan fingerprint density at radius 2 is 2.15 bits per heavy atom. The van der Waals surface area contributed by atoms with Gasteiger partial charge in [-0.15, -0.1) is 0 Å². The largest absolute Gasteiger partial charge is 0.354 e. The van der Waals surface area contributed by atoms with Gasteiger partial charge in [0.15, 0.2) is 6.23 Å². The molecule has 0 fully saturated rings. The molecule has 1 N–H and O–H groups in total. The van der Waals surface area contributed by atoms with Crippen LogP contribution in [0.2, 0.25) is 0 Å². The van der Waals surface area contributed by atoms with Gasteiger partial charge in [0.2, 0.25) is 6.41 Å². The highest BCUT2D eigenvalue weighted by atomic mass is 16.5. The number of ether oxygens (including phenoxy) is 1. The molecule has 0 radical (unpaired) electrons. The van der Waals surface area contributed by atoms with E-state index in [-0.39, 0.29) is 6.23 Å². The van der Waals surface area contributed by atoms with Crippen molar-refractivity contribution in [3.8, 4) is 0 Å². The molecule has 3 nitrogen and oxygen atoms in total. The van der Waals surface area contributed by atoms with E-state index in [2.05, 4.69) is 5.32 Å². The second kappa shape index (κ2) is 5.32. The third kappa shape index (κ3) is 2.87. The van der Waals surface area contributed by atoms with Gasteiger partial charge in [-0.3, -0.25) is 4.79 Å². The fraction of sp³-hybridized carbons (Fsp3) is 0.300. The summed E-state index contributed by atoms with van der Waals surface area (Å²) in [7, 11) is 0. The van der Waals surface area contributed by atoms with Crippen molar-refractivity contribution < 1.29 is 9.53 Å². The van der Waals surface area contributed by atoms with Gasteiger partial charge in [-0.1, -0.05) is 30.3 Å². The predicted molar refractivity (Wildman–Crippen MR) is 50.0 cm³/mol. The summed E-state index contributed by atoms with van der Waals surface area (Å²) in [4.78, 5) is 10.3. The molecule has 1 atom stereocenters. The van der Waals surface area contributed by atoms with Gasteiger partial charge in [0.1, 0.15) is 0 Å². The summed E-state index contributed by atoms with van der Waals surface area (Å²) in [5.41, 5.74) is 0.955. The topological polar surface area (TPSA) is 38.3 Å². The molecule has 0 aromatic heterocycles. The van der Waals surface area contributed by atoms with E-state index >= 15 is 0 Å². The molecular weight excluding hydrogens is 166 g/mol. The second-order valence-electron chi connectivity index (χ2n) is 2.53. The fourth-order valence-corrected chi connectivity index (χ4v) is 1.10. The zero-order chi connectivity index (χ0) is 9.52. The molecule has 0 aliphatic carbocycles. The molecule has 0 aliphatic heterocycles. The molecule has 0 saturated heterocycles. The van der Waals surface area contributed by atoms with Crippen LogP contribution in [0.5, 0.6) is 0 Å². The number of nitrogens with one attached hydrogen (secondary N) is 1. The average molecular weight is 179 g/mol. The Morgan fingerprint density at radius 1 is 1.46 bits per heavy atom. The van der Waals surface area contributed by atoms with E-state index in [1.807, 2.05) is 37.3 Å². The van der Waals surface area contributed by atoms with E-state index in [4.69, 9.17) is 4.74 Å². The fourth-order valence-electron chi connectivity index (χ4n) is 1.10. The summed E-state index contributed by atoms with van der Waals surface area (Å²) in [6.07, 6.45) is 0.316. The van der Waals surface area contributed by atoms with Crippen molar-refractivity contribution in [2.45, 2.75) is 13.2 Å². The Kier molecular flexibility index (Phi) is 3.99. The highest BCUT2D eigenvalue weighted by Crippen LogP contribution is 2.12. The molecule has 1 unspecified atom stereocenters. The predicted octanol–water partition coefficient (Wildman–Crippen LogP) is 1.47. The van der Waals surface area contributed by atoms with Gasteiger partial charge in [-0.25, -0.2) is 0 Å². The standard InChI is InChI=1S/C10H13NO2/c1-2-13-10(11-8-12)9-6-4-3-5-7-9/h3-8,10H,2H2,1H3,(H,11,12). The zero-order valence-corrected chi connectivity index (χ0v) is 7.57. The van der Waals surface area contributed by atoms with Crippen molar-refractivity contribution in [3.05, 3.63) is 35.9 Å². The summed E-state index contributed by atoms with van der Waals surface area (Å²) in [6.45, 7) is 2.46. The number of benzene rings is 1. The van der Waals surface area contributed by atoms with Crippen molar-refractivity contribution in [1.82, 2.24) is 5.32 Å². The van der Waals surface area contributed by atoms with Crippen LogP contribution in [0.1, 0.15) is 18.7 Å². The van der Waals surface area contributed by atoms with Gasteiger partial charge in [-0.2, -0.15) is 0 Å². The Labute approximate surface area is 77.7 Å². The van der Waals surface area contributed by atoms with E-state index in [0.717, 1.165) is 5.56 Å². The first-order valence-electron chi connectivity index (χ1n) is 4.24. The zero-order valence-electron chi connectivity index (χ0n) is 7.57. The van der Waals surface area contributed by atoms with Crippen LogP contribution in [0, 0.1) is 0 Å². The Balaban J connectivity index is 2.69. The van der Waals surface area contributed by atoms with Gasteiger partial charge in [0.05, 0.1) is 0 Å². The molecule has 0 saturated carbocycles. The van der Waals surface area contributed by atoms with Crippen molar-refractivity contribution in [2.75, 3.05) is 6.61 Å². The summed E-state index contributed by atoms with van der Waals surface area (Å²) < 4.78 is 5.33. The van der Waals surface area contributed by atoms with Crippen LogP contribution >= 0.6 is 0 Å². The molecule has 0 aliphatic rings. The van der Waals surface area contributed by atoms with Crippen LogP contribution in [0.3, 0.4) is 0 Å². The quantitative estimate of drug-likeness (QED) is 0.549. The summed E-state index contributed by atoms with van der Waals surface area (Å²) >= 11 is 0. The van der Waals surface area contributed by atoms with Crippen LogP contribution in [0.15, 0.2) is 30.3 Å². The van der Waals surface area contributed by atoms with E-state index in [1.54, 1.807) is 0 Å². The average Bonchev–Trinajstić information content (AvgIpc) is 2.19. The van der Waals surface area contributed by atoms with E-state index in [9.17, 15) is 4.79 Å². The van der Waals surface area contributed by atoms with Crippen LogP contribution in [-0.2, 0) is 9.53 Å². The van der Waals surface area contributed by atoms with Crippen molar-refractivity contribution in [2.24, 2.45) is 0 Å². The summed E-state index contributed by atoms with van der Waals surface area (Å²) in [5, 5.41) is 2.60. The molecule has 1 aromatic carbocycles. The molecule has 0 bridgehead atoms. The number of hydrogen-bond donors (Lipinski definition) is 1. The first kappa shape index (κ1) is 9.74. The lowest BCUT2D eigenvalue weighted by Crippen LogP contribution is -2.22. The van der Waals surface area contributed by atoms with Gasteiger partial charge >= 0.3 is 0 Å². The molecular formula is C10H13NO2. The monoisotopic (exact) mass is 179 g/mol. The lowest BCUT2D eigenvalue weighted by Gasteiger charge is -2.15. The first-order chi connectivity index (χ1) is 6.38. The molecule has 3 heteroatoms. The molecule has 0 spiro atoms. The molecule has 1 rings (SSSR count). The van der Waals surface area contributed by atoms with Gasteiger partial charge in [0, 0.05) is 12.2 Å². The smallest absolute Gasteiger partial charge is 0.209 e. The summed E-state index contributed by atoms with van der Waals surface area (Å²) in [5.74, 6) is 0. The third-order valence-corrected chi connectivity index (χ3v) is 1.66. The second-order valence-corrected chi connectivity index (χ2v) is 2.53. The minimum atomic E-state index is -0.330.